The Hall–Kier alpha value is -3.87. The van der Waals surface area contributed by atoms with Gasteiger partial charge in [-0.1, -0.05) is 32.9 Å². The minimum Gasteiger partial charge on any atom is -0.494 e. The van der Waals surface area contributed by atoms with Crippen LogP contribution < -0.4 is 18.9 Å². The van der Waals surface area contributed by atoms with Gasteiger partial charge in [0.05, 0.1) is 0 Å². The van der Waals surface area contributed by atoms with Gasteiger partial charge in [0.1, 0.15) is 0 Å². The first-order valence-corrected chi connectivity index (χ1v) is 10.4. The van der Waals surface area contributed by atoms with E-state index in [-0.39, 0.29) is 25.4 Å². The number of hydrogen-bond acceptors (Lipinski definition) is 6. The Morgan fingerprint density at radius 3 is 2.44 bits per heavy atom. The average molecular weight is 431 g/mol. The highest BCUT2D eigenvalue weighted by Crippen LogP contribution is 2.50. The predicted molar refractivity (Wildman–Crippen MR) is 119 cm³/mol. The van der Waals surface area contributed by atoms with Gasteiger partial charge in [0, 0.05) is 33.3 Å². The van der Waals surface area contributed by atoms with Gasteiger partial charge in [-0.05, 0) is 35.2 Å². The largest absolute Gasteiger partial charge is 0.494 e. The molecule has 7 nitrogen and oxygen atoms in total. The fraction of sp³-hybridized carbons (Fsp3) is 0.240. The highest BCUT2D eigenvalue weighted by molar-refractivity contribution is 6.17. The molecule has 0 amide bonds. The quantitative estimate of drug-likeness (QED) is 0.440. The Kier molecular flexibility index (Phi) is 3.73. The summed E-state index contributed by atoms with van der Waals surface area (Å²) in [6.45, 7) is 5.79. The maximum absolute atomic E-state index is 13.1. The van der Waals surface area contributed by atoms with Crippen molar-refractivity contribution in [1.82, 2.24) is 4.57 Å². The standard InChI is InChI=1S/C25H21NO6/c1-25(2,3)24(28)26-10-16-15(23(26)27)8-13-5-7-18-22(32-12-30-18)21(13)20(16)14-4-6-17-19(9-14)31-11-29-17/h4-10,27H,11-12H2,1-3H3. The second-order valence-corrected chi connectivity index (χ2v) is 9.06. The molecule has 2 aliphatic rings. The zero-order chi connectivity index (χ0) is 22.2. The van der Waals surface area contributed by atoms with Gasteiger partial charge in [-0.15, -0.1) is 0 Å². The zero-order valence-electron chi connectivity index (χ0n) is 17.9. The SMILES string of the molecule is CC(C)(C)C(=O)n1cc2c(-c3ccc4c(c3)OCO4)c3c4c(ccc3cc2c1O)OCO4. The minimum absolute atomic E-state index is 0.0820. The molecule has 3 aromatic carbocycles. The van der Waals surface area contributed by atoms with Crippen LogP contribution in [0.3, 0.4) is 0 Å². The molecule has 0 bridgehead atoms. The van der Waals surface area contributed by atoms with Crippen LogP contribution in [0.2, 0.25) is 0 Å². The number of carbonyl (C=O) groups is 1. The van der Waals surface area contributed by atoms with Crippen molar-refractivity contribution in [3.63, 3.8) is 0 Å². The first kappa shape index (κ1) is 18.9. The second kappa shape index (κ2) is 6.32. The molecule has 1 N–H and O–H groups in total. The molecule has 0 saturated carbocycles. The summed E-state index contributed by atoms with van der Waals surface area (Å²) >= 11 is 0. The van der Waals surface area contributed by atoms with Crippen molar-refractivity contribution in [3.8, 4) is 40.0 Å². The van der Waals surface area contributed by atoms with Crippen molar-refractivity contribution in [2.24, 2.45) is 5.41 Å². The van der Waals surface area contributed by atoms with Crippen molar-refractivity contribution < 1.29 is 28.8 Å². The van der Waals surface area contributed by atoms with E-state index in [1.807, 2.05) is 57.2 Å². The number of aromatic hydroxyl groups is 1. The maximum Gasteiger partial charge on any atom is 0.238 e. The van der Waals surface area contributed by atoms with E-state index < -0.39 is 5.41 Å². The van der Waals surface area contributed by atoms with Crippen LogP contribution in [0.5, 0.6) is 28.9 Å². The van der Waals surface area contributed by atoms with E-state index >= 15 is 0 Å². The summed E-state index contributed by atoms with van der Waals surface area (Å²) in [6, 6.07) is 11.4. The lowest BCUT2D eigenvalue weighted by Gasteiger charge is -2.17. The summed E-state index contributed by atoms with van der Waals surface area (Å²) in [5.41, 5.74) is 1.02. The number of nitrogens with zero attached hydrogens (tertiary/aromatic N) is 1. The van der Waals surface area contributed by atoms with Gasteiger partial charge in [0.25, 0.3) is 0 Å². The lowest BCUT2D eigenvalue weighted by Crippen LogP contribution is -2.25. The molecule has 4 aromatic rings. The molecule has 0 aliphatic carbocycles. The van der Waals surface area contributed by atoms with Crippen LogP contribution >= 0.6 is 0 Å². The van der Waals surface area contributed by atoms with Gasteiger partial charge in [-0.3, -0.25) is 9.36 Å². The molecule has 0 atom stereocenters. The Morgan fingerprint density at radius 2 is 1.62 bits per heavy atom. The van der Waals surface area contributed by atoms with Crippen LogP contribution in [0.1, 0.15) is 25.6 Å². The molecule has 0 spiro atoms. The summed E-state index contributed by atoms with van der Waals surface area (Å²) in [4.78, 5) is 13.1. The molecule has 2 aliphatic heterocycles. The first-order chi connectivity index (χ1) is 15.3. The Bertz CT molecular complexity index is 1440. The van der Waals surface area contributed by atoms with Crippen molar-refractivity contribution in [2.75, 3.05) is 13.6 Å². The summed E-state index contributed by atoms with van der Waals surface area (Å²) in [5.74, 6) is 2.35. The molecule has 1 aromatic heterocycles. The minimum atomic E-state index is -0.664. The highest BCUT2D eigenvalue weighted by atomic mass is 16.7. The molecule has 0 saturated heterocycles. The number of rotatable bonds is 1. The number of benzene rings is 3. The third-order valence-corrected chi connectivity index (χ3v) is 5.93. The fourth-order valence-electron chi connectivity index (χ4n) is 4.38. The highest BCUT2D eigenvalue weighted by Gasteiger charge is 2.29. The molecule has 0 radical (unpaired) electrons. The van der Waals surface area contributed by atoms with Crippen LogP contribution in [0, 0.1) is 5.41 Å². The molecule has 0 fully saturated rings. The van der Waals surface area contributed by atoms with Crippen LogP contribution in [0.25, 0.3) is 32.7 Å². The predicted octanol–water partition coefficient (Wildman–Crippen LogP) is 5.31. The molecule has 7 heteroatoms. The monoisotopic (exact) mass is 431 g/mol. The van der Waals surface area contributed by atoms with Crippen LogP contribution in [-0.4, -0.2) is 29.2 Å². The summed E-state index contributed by atoms with van der Waals surface area (Å²) < 4.78 is 23.9. The lowest BCUT2D eigenvalue weighted by molar-refractivity contribution is 0.0757. The van der Waals surface area contributed by atoms with Gasteiger partial charge in [0.15, 0.2) is 23.0 Å². The van der Waals surface area contributed by atoms with Gasteiger partial charge in [-0.2, -0.15) is 0 Å². The number of aromatic nitrogens is 1. The number of fused-ring (bicyclic) bond motifs is 5. The summed E-state index contributed by atoms with van der Waals surface area (Å²) in [5, 5.41) is 14.1. The summed E-state index contributed by atoms with van der Waals surface area (Å²) in [6.07, 6.45) is 1.70. The van der Waals surface area contributed by atoms with Gasteiger partial charge in [-0.25, -0.2) is 0 Å². The second-order valence-electron chi connectivity index (χ2n) is 9.06. The van der Waals surface area contributed by atoms with Crippen LogP contribution in [0.15, 0.2) is 42.6 Å². The van der Waals surface area contributed by atoms with E-state index in [0.29, 0.717) is 28.4 Å². The maximum atomic E-state index is 13.1. The van der Waals surface area contributed by atoms with E-state index in [4.69, 9.17) is 18.9 Å². The Balaban J connectivity index is 1.74. The number of hydrogen-bond donors (Lipinski definition) is 1. The molecular formula is C25H21NO6. The van der Waals surface area contributed by atoms with Gasteiger partial charge < -0.3 is 24.1 Å². The first-order valence-electron chi connectivity index (χ1n) is 10.4. The van der Waals surface area contributed by atoms with Gasteiger partial charge in [0.2, 0.25) is 25.4 Å². The molecule has 3 heterocycles. The molecule has 6 rings (SSSR count). The third-order valence-electron chi connectivity index (χ3n) is 5.93. The van der Waals surface area contributed by atoms with Crippen molar-refractivity contribution in [3.05, 3.63) is 42.6 Å². The molecule has 32 heavy (non-hydrogen) atoms. The van der Waals surface area contributed by atoms with E-state index in [1.54, 1.807) is 6.20 Å². The number of carbonyl (C=O) groups excluding carboxylic acids is 1. The van der Waals surface area contributed by atoms with E-state index in [9.17, 15) is 9.90 Å². The summed E-state index contributed by atoms with van der Waals surface area (Å²) in [7, 11) is 0. The lowest BCUT2D eigenvalue weighted by atomic mass is 9.93. The molecule has 162 valence electrons. The molecule has 0 unspecified atom stereocenters. The molecular weight excluding hydrogens is 410 g/mol. The van der Waals surface area contributed by atoms with Crippen LogP contribution in [0.4, 0.5) is 0 Å². The zero-order valence-corrected chi connectivity index (χ0v) is 17.9. The van der Waals surface area contributed by atoms with Crippen molar-refractivity contribution in [1.29, 1.82) is 0 Å². The normalized spacial score (nSPS) is 14.5. The Morgan fingerprint density at radius 1 is 0.906 bits per heavy atom. The smallest absolute Gasteiger partial charge is 0.238 e. The van der Waals surface area contributed by atoms with Gasteiger partial charge >= 0.3 is 0 Å². The Labute approximate surface area is 183 Å². The van der Waals surface area contributed by atoms with Crippen molar-refractivity contribution in [2.45, 2.75) is 20.8 Å². The van der Waals surface area contributed by atoms with E-state index in [2.05, 4.69) is 0 Å². The third kappa shape index (κ3) is 2.57. The van der Waals surface area contributed by atoms with E-state index in [0.717, 1.165) is 27.3 Å². The fourth-order valence-corrected chi connectivity index (χ4v) is 4.38. The topological polar surface area (TPSA) is 79.2 Å². The van der Waals surface area contributed by atoms with Crippen LogP contribution in [-0.2, 0) is 0 Å². The average Bonchev–Trinajstić information content (AvgIpc) is 3.49. The van der Waals surface area contributed by atoms with E-state index in [1.165, 1.54) is 4.57 Å². The number of ether oxygens (including phenoxy) is 4. The van der Waals surface area contributed by atoms with Crippen molar-refractivity contribution >= 4 is 27.5 Å².